The summed E-state index contributed by atoms with van der Waals surface area (Å²) in [5.41, 5.74) is 0.695. The number of carbonyl (C=O) groups is 1. The Morgan fingerprint density at radius 2 is 1.85 bits per heavy atom. The van der Waals surface area contributed by atoms with Crippen molar-refractivity contribution < 1.29 is 14.1 Å². The summed E-state index contributed by atoms with van der Waals surface area (Å²) in [7, 11) is 0. The lowest BCUT2D eigenvalue weighted by Gasteiger charge is -2.35. The SMILES string of the molecule is O=C(C1CCCN(c2nc(-c3cc(Cl)cc(Cl)c3)no2)C1)N1CCOCC1. The second-order valence-electron chi connectivity index (χ2n) is 6.78. The van der Waals surface area contributed by atoms with Crippen LogP contribution in [0.1, 0.15) is 12.8 Å². The number of rotatable bonds is 3. The standard InChI is InChI=1S/C18H20Cl2N4O3/c19-14-8-13(9-15(20)10-14)16-21-18(27-22-16)24-3-1-2-12(11-24)17(25)23-4-6-26-7-5-23/h8-10,12H,1-7,11H2. The quantitative estimate of drug-likeness (QED) is 0.773. The molecule has 0 spiro atoms. The Bertz CT molecular complexity index is 802. The van der Waals surface area contributed by atoms with Gasteiger partial charge < -0.3 is 19.1 Å². The molecule has 0 N–H and O–H groups in total. The summed E-state index contributed by atoms with van der Waals surface area (Å²) in [6.07, 6.45) is 1.78. The van der Waals surface area contributed by atoms with E-state index in [-0.39, 0.29) is 11.8 Å². The molecule has 1 aromatic heterocycles. The molecule has 1 aromatic carbocycles. The molecule has 4 rings (SSSR count). The van der Waals surface area contributed by atoms with Crippen molar-refractivity contribution in [3.63, 3.8) is 0 Å². The summed E-state index contributed by atoms with van der Waals surface area (Å²) in [5.74, 6) is 0.549. The molecule has 2 fully saturated rings. The number of ether oxygens (including phenoxy) is 1. The van der Waals surface area contributed by atoms with Crippen LogP contribution in [0.4, 0.5) is 6.01 Å². The molecule has 2 aliphatic heterocycles. The van der Waals surface area contributed by atoms with E-state index in [2.05, 4.69) is 10.1 Å². The largest absolute Gasteiger partial charge is 0.378 e. The maximum absolute atomic E-state index is 12.8. The predicted molar refractivity (Wildman–Crippen MR) is 102 cm³/mol. The van der Waals surface area contributed by atoms with E-state index in [1.807, 2.05) is 9.80 Å². The minimum Gasteiger partial charge on any atom is -0.378 e. The van der Waals surface area contributed by atoms with Gasteiger partial charge in [0.25, 0.3) is 0 Å². The Balaban J connectivity index is 1.47. The molecule has 0 bridgehead atoms. The molecule has 3 heterocycles. The zero-order valence-electron chi connectivity index (χ0n) is 14.7. The number of aromatic nitrogens is 2. The van der Waals surface area contributed by atoms with Crippen LogP contribution in [0.5, 0.6) is 0 Å². The zero-order chi connectivity index (χ0) is 18.8. The van der Waals surface area contributed by atoms with Crippen molar-refractivity contribution in [2.45, 2.75) is 12.8 Å². The lowest BCUT2D eigenvalue weighted by atomic mass is 9.96. The van der Waals surface area contributed by atoms with E-state index in [1.165, 1.54) is 0 Å². The molecule has 9 heteroatoms. The van der Waals surface area contributed by atoms with Gasteiger partial charge in [0.1, 0.15) is 0 Å². The lowest BCUT2D eigenvalue weighted by Crippen LogP contribution is -2.48. The normalized spacial score (nSPS) is 20.7. The van der Waals surface area contributed by atoms with Gasteiger partial charge in [0, 0.05) is 41.8 Å². The van der Waals surface area contributed by atoms with Crippen LogP contribution in [0.2, 0.25) is 10.0 Å². The first-order valence-corrected chi connectivity index (χ1v) is 9.77. The molecule has 1 atom stereocenters. The number of carbonyl (C=O) groups excluding carboxylic acids is 1. The topological polar surface area (TPSA) is 71.7 Å². The van der Waals surface area contributed by atoms with Gasteiger partial charge in [0.2, 0.25) is 11.7 Å². The molecule has 2 saturated heterocycles. The van der Waals surface area contributed by atoms with Crippen LogP contribution >= 0.6 is 23.2 Å². The van der Waals surface area contributed by atoms with Gasteiger partial charge in [-0.2, -0.15) is 4.98 Å². The van der Waals surface area contributed by atoms with E-state index in [0.717, 1.165) is 19.4 Å². The van der Waals surface area contributed by atoms with E-state index in [0.29, 0.717) is 60.3 Å². The van der Waals surface area contributed by atoms with Crippen LogP contribution in [0, 0.1) is 5.92 Å². The smallest absolute Gasteiger partial charge is 0.324 e. The summed E-state index contributed by atoms with van der Waals surface area (Å²) in [6.45, 7) is 3.90. The molecular weight excluding hydrogens is 391 g/mol. The first-order chi connectivity index (χ1) is 13.1. The van der Waals surface area contributed by atoms with E-state index in [1.54, 1.807) is 18.2 Å². The highest BCUT2D eigenvalue weighted by Crippen LogP contribution is 2.28. The number of halogens is 2. The number of amides is 1. The van der Waals surface area contributed by atoms with Gasteiger partial charge in [0.05, 0.1) is 19.1 Å². The van der Waals surface area contributed by atoms with Crippen molar-refractivity contribution in [2.75, 3.05) is 44.3 Å². The fourth-order valence-corrected chi connectivity index (χ4v) is 4.06. The van der Waals surface area contributed by atoms with E-state index in [4.69, 9.17) is 32.5 Å². The average Bonchev–Trinajstić information content (AvgIpc) is 3.18. The summed E-state index contributed by atoms with van der Waals surface area (Å²) < 4.78 is 10.8. The number of benzene rings is 1. The maximum atomic E-state index is 12.8. The third kappa shape index (κ3) is 4.20. The minimum absolute atomic E-state index is 0.0622. The number of hydrogen-bond donors (Lipinski definition) is 0. The molecule has 7 nitrogen and oxygen atoms in total. The molecule has 2 aliphatic rings. The lowest BCUT2D eigenvalue weighted by molar-refractivity contribution is -0.139. The molecule has 1 unspecified atom stereocenters. The van der Waals surface area contributed by atoms with E-state index >= 15 is 0 Å². The Morgan fingerprint density at radius 3 is 2.59 bits per heavy atom. The van der Waals surface area contributed by atoms with Gasteiger partial charge in [-0.3, -0.25) is 4.79 Å². The van der Waals surface area contributed by atoms with Crippen molar-refractivity contribution in [1.82, 2.24) is 15.0 Å². The van der Waals surface area contributed by atoms with E-state index < -0.39 is 0 Å². The highest BCUT2D eigenvalue weighted by Gasteiger charge is 2.32. The van der Waals surface area contributed by atoms with Gasteiger partial charge in [-0.05, 0) is 31.0 Å². The van der Waals surface area contributed by atoms with Gasteiger partial charge in [-0.25, -0.2) is 0 Å². The van der Waals surface area contributed by atoms with Crippen LogP contribution in [0.25, 0.3) is 11.4 Å². The summed E-state index contributed by atoms with van der Waals surface area (Å²) in [5, 5.41) is 5.07. The monoisotopic (exact) mass is 410 g/mol. The Kier molecular flexibility index (Phi) is 5.52. The van der Waals surface area contributed by atoms with Gasteiger partial charge in [-0.1, -0.05) is 28.4 Å². The van der Waals surface area contributed by atoms with Gasteiger partial charge >= 0.3 is 6.01 Å². The van der Waals surface area contributed by atoms with Crippen molar-refractivity contribution in [3.8, 4) is 11.4 Å². The molecule has 0 saturated carbocycles. The molecular formula is C18H20Cl2N4O3. The fourth-order valence-electron chi connectivity index (χ4n) is 3.54. The summed E-state index contributed by atoms with van der Waals surface area (Å²) >= 11 is 12.1. The second kappa shape index (κ2) is 8.04. The second-order valence-corrected chi connectivity index (χ2v) is 7.65. The third-order valence-corrected chi connectivity index (χ3v) is 5.34. The Morgan fingerprint density at radius 1 is 1.11 bits per heavy atom. The average molecular weight is 411 g/mol. The van der Waals surface area contributed by atoms with E-state index in [9.17, 15) is 4.79 Å². The number of anilines is 1. The zero-order valence-corrected chi connectivity index (χ0v) is 16.2. The predicted octanol–water partition coefficient (Wildman–Crippen LogP) is 3.12. The summed E-state index contributed by atoms with van der Waals surface area (Å²) in [4.78, 5) is 21.1. The van der Waals surface area contributed by atoms with Gasteiger partial charge in [0.15, 0.2) is 0 Å². The highest BCUT2D eigenvalue weighted by molar-refractivity contribution is 6.35. The maximum Gasteiger partial charge on any atom is 0.324 e. The molecule has 2 aromatic rings. The highest BCUT2D eigenvalue weighted by atomic mass is 35.5. The molecule has 0 radical (unpaired) electrons. The fraction of sp³-hybridized carbons (Fsp3) is 0.500. The van der Waals surface area contributed by atoms with Gasteiger partial charge in [-0.15, -0.1) is 0 Å². The summed E-state index contributed by atoms with van der Waals surface area (Å²) in [6, 6.07) is 5.55. The number of morpholine rings is 1. The molecule has 144 valence electrons. The minimum atomic E-state index is -0.0622. The first kappa shape index (κ1) is 18.5. The van der Waals surface area contributed by atoms with Crippen LogP contribution < -0.4 is 4.90 Å². The van der Waals surface area contributed by atoms with Crippen molar-refractivity contribution in [2.24, 2.45) is 5.92 Å². The Labute approximate surface area is 167 Å². The van der Waals surface area contributed by atoms with Crippen molar-refractivity contribution in [1.29, 1.82) is 0 Å². The first-order valence-electron chi connectivity index (χ1n) is 9.02. The van der Waals surface area contributed by atoms with Crippen LogP contribution in [-0.2, 0) is 9.53 Å². The van der Waals surface area contributed by atoms with Crippen molar-refractivity contribution >= 4 is 35.1 Å². The van der Waals surface area contributed by atoms with Crippen LogP contribution in [0.3, 0.4) is 0 Å². The molecule has 0 aliphatic carbocycles. The number of piperidine rings is 1. The molecule has 27 heavy (non-hydrogen) atoms. The Hall–Kier alpha value is -1.83. The number of nitrogens with zero attached hydrogens (tertiary/aromatic N) is 4. The van der Waals surface area contributed by atoms with Crippen LogP contribution in [0.15, 0.2) is 22.7 Å². The third-order valence-electron chi connectivity index (χ3n) is 4.90. The number of hydrogen-bond acceptors (Lipinski definition) is 6. The van der Waals surface area contributed by atoms with Crippen LogP contribution in [-0.4, -0.2) is 60.3 Å². The van der Waals surface area contributed by atoms with Crippen molar-refractivity contribution in [3.05, 3.63) is 28.2 Å². The molecule has 1 amide bonds.